The van der Waals surface area contributed by atoms with E-state index in [0.717, 1.165) is 38.5 Å². The van der Waals surface area contributed by atoms with Crippen LogP contribution in [0.25, 0.3) is 0 Å². The molecule has 0 rings (SSSR count). The van der Waals surface area contributed by atoms with Crippen molar-refractivity contribution in [3.8, 4) is 0 Å². The summed E-state index contributed by atoms with van der Waals surface area (Å²) in [6, 6.07) is -0.628. The number of hydrogen-bond donors (Lipinski definition) is 3. The van der Waals surface area contributed by atoms with Crippen molar-refractivity contribution in [1.82, 2.24) is 5.32 Å². The summed E-state index contributed by atoms with van der Waals surface area (Å²) in [7, 11) is 0. The van der Waals surface area contributed by atoms with Crippen LogP contribution >= 0.6 is 0 Å². The Hall–Kier alpha value is -1.40. The van der Waals surface area contributed by atoms with Crippen LogP contribution in [0.1, 0.15) is 406 Å². The van der Waals surface area contributed by atoms with Crippen molar-refractivity contribution in [3.05, 3.63) is 12.2 Å². The first-order valence-electron chi connectivity index (χ1n) is 35.5. The third-order valence-corrected chi connectivity index (χ3v) is 16.8. The van der Waals surface area contributed by atoms with Crippen molar-refractivity contribution in [3.63, 3.8) is 0 Å². The van der Waals surface area contributed by atoms with Gasteiger partial charge in [0.25, 0.3) is 0 Å². The fourth-order valence-electron chi connectivity index (χ4n) is 11.4. The number of amides is 1. The van der Waals surface area contributed by atoms with Gasteiger partial charge in [0, 0.05) is 12.8 Å². The lowest BCUT2D eigenvalue weighted by molar-refractivity contribution is -0.143. The molecule has 0 saturated carbocycles. The fraction of sp³-hybridized carbons (Fsp3) is 0.944. The lowest BCUT2D eigenvalue weighted by Crippen LogP contribution is -2.45. The van der Waals surface area contributed by atoms with Crippen LogP contribution in [-0.2, 0) is 14.3 Å². The molecule has 1 amide bonds. The molecule has 0 aliphatic carbocycles. The van der Waals surface area contributed by atoms with Gasteiger partial charge in [-0.05, 0) is 32.1 Å². The van der Waals surface area contributed by atoms with Crippen LogP contribution in [0, 0.1) is 0 Å². The monoisotopic (exact) mass is 1090 g/mol. The molecule has 0 radical (unpaired) electrons. The molecule has 0 aromatic carbocycles. The van der Waals surface area contributed by atoms with Crippen LogP contribution in [0.15, 0.2) is 12.2 Å². The maximum absolute atomic E-state index is 12.5. The topological polar surface area (TPSA) is 95.9 Å². The number of hydrogen-bond acceptors (Lipinski definition) is 5. The van der Waals surface area contributed by atoms with Gasteiger partial charge in [0.2, 0.25) is 5.91 Å². The Morgan fingerprint density at radius 3 is 0.883 bits per heavy atom. The number of esters is 1. The molecular formula is C71H139NO5. The summed E-state index contributed by atoms with van der Waals surface area (Å²) in [4.78, 5) is 24.6. The maximum Gasteiger partial charge on any atom is 0.305 e. The first-order chi connectivity index (χ1) is 38.0. The van der Waals surface area contributed by atoms with Gasteiger partial charge in [0.05, 0.1) is 25.4 Å². The standard InChI is InChI=1S/C71H139NO5/c1-3-5-7-9-11-13-15-17-19-20-21-22-23-26-29-32-36-39-43-47-51-55-59-63-69(74)68(67-73)72-70(75)64-60-56-52-48-44-40-37-33-30-27-24-25-28-31-34-38-42-46-50-54-58-62-66-77-71(76)65-61-57-53-49-45-41-35-18-16-14-12-10-8-6-4-2/h59,63,68-69,73-74H,3-58,60-62,64-67H2,1-2H3,(H,72,75)/b63-59+. The summed E-state index contributed by atoms with van der Waals surface area (Å²) in [5, 5.41) is 23.3. The lowest BCUT2D eigenvalue weighted by Gasteiger charge is -2.20. The quantitative estimate of drug-likeness (QED) is 0.0320. The maximum atomic E-state index is 12.5. The molecule has 0 aromatic rings. The van der Waals surface area contributed by atoms with Crippen LogP contribution in [0.3, 0.4) is 0 Å². The predicted molar refractivity (Wildman–Crippen MR) is 338 cm³/mol. The van der Waals surface area contributed by atoms with Gasteiger partial charge in [-0.25, -0.2) is 0 Å². The fourth-order valence-corrected chi connectivity index (χ4v) is 11.4. The van der Waals surface area contributed by atoms with Crippen LogP contribution in [0.5, 0.6) is 0 Å². The van der Waals surface area contributed by atoms with Crippen molar-refractivity contribution in [2.45, 2.75) is 418 Å². The van der Waals surface area contributed by atoms with Crippen molar-refractivity contribution >= 4 is 11.9 Å². The van der Waals surface area contributed by atoms with E-state index in [9.17, 15) is 19.8 Å². The molecular weight excluding hydrogens is 947 g/mol. The SMILES string of the molecule is CCCCCCCCCCCCCCCCCCCCCCC/C=C/C(O)C(CO)NC(=O)CCCCCCCCCCCCCCCCCCCCCCCCOC(=O)CCCCCCCCCCCCCCCCC. The van der Waals surface area contributed by atoms with Crippen LogP contribution in [-0.4, -0.2) is 47.4 Å². The second-order valence-corrected chi connectivity index (χ2v) is 24.6. The summed E-state index contributed by atoms with van der Waals surface area (Å²) in [5.74, 6) is -0.0463. The average molecular weight is 1090 g/mol. The molecule has 0 aliphatic heterocycles. The number of carbonyl (C=O) groups is 2. The first-order valence-corrected chi connectivity index (χ1v) is 35.5. The van der Waals surface area contributed by atoms with E-state index in [4.69, 9.17) is 4.74 Å². The number of aliphatic hydroxyl groups is 2. The lowest BCUT2D eigenvalue weighted by atomic mass is 10.0. The Morgan fingerprint density at radius 2 is 0.597 bits per heavy atom. The van der Waals surface area contributed by atoms with Gasteiger partial charge in [-0.1, -0.05) is 373 Å². The number of nitrogens with one attached hydrogen (secondary N) is 1. The molecule has 0 aromatic heterocycles. The number of unbranched alkanes of at least 4 members (excludes halogenated alkanes) is 56. The minimum Gasteiger partial charge on any atom is -0.466 e. The van der Waals surface area contributed by atoms with Crippen molar-refractivity contribution in [1.29, 1.82) is 0 Å². The van der Waals surface area contributed by atoms with Gasteiger partial charge in [0.1, 0.15) is 0 Å². The zero-order valence-corrected chi connectivity index (χ0v) is 52.5. The summed E-state index contributed by atoms with van der Waals surface area (Å²) >= 11 is 0. The highest BCUT2D eigenvalue weighted by Gasteiger charge is 2.18. The summed E-state index contributed by atoms with van der Waals surface area (Å²) in [5.41, 5.74) is 0. The third kappa shape index (κ3) is 63.6. The smallest absolute Gasteiger partial charge is 0.305 e. The van der Waals surface area contributed by atoms with Gasteiger partial charge in [-0.2, -0.15) is 0 Å². The highest BCUT2D eigenvalue weighted by atomic mass is 16.5. The molecule has 0 heterocycles. The summed E-state index contributed by atoms with van der Waals surface area (Å²) in [6.45, 7) is 4.95. The van der Waals surface area contributed by atoms with Gasteiger partial charge < -0.3 is 20.3 Å². The molecule has 2 atom stereocenters. The zero-order valence-electron chi connectivity index (χ0n) is 52.5. The largest absolute Gasteiger partial charge is 0.466 e. The van der Waals surface area contributed by atoms with E-state index in [0.29, 0.717) is 19.4 Å². The summed E-state index contributed by atoms with van der Waals surface area (Å²) < 4.78 is 5.50. The molecule has 0 spiro atoms. The average Bonchev–Trinajstić information content (AvgIpc) is 3.43. The van der Waals surface area contributed by atoms with Gasteiger partial charge >= 0.3 is 5.97 Å². The van der Waals surface area contributed by atoms with Gasteiger partial charge in [-0.15, -0.1) is 0 Å². The van der Waals surface area contributed by atoms with Crippen LogP contribution < -0.4 is 5.32 Å². The first kappa shape index (κ1) is 75.6. The van der Waals surface area contributed by atoms with E-state index < -0.39 is 12.1 Å². The second kappa shape index (κ2) is 67.1. The number of aliphatic hydroxyl groups excluding tert-OH is 2. The molecule has 6 nitrogen and oxygen atoms in total. The van der Waals surface area contributed by atoms with Gasteiger partial charge in [-0.3, -0.25) is 9.59 Å². The molecule has 3 N–H and O–H groups in total. The molecule has 0 bridgehead atoms. The van der Waals surface area contributed by atoms with Crippen molar-refractivity contribution < 1.29 is 24.5 Å². The Morgan fingerprint density at radius 1 is 0.351 bits per heavy atom. The number of allylic oxidation sites excluding steroid dienone is 1. The molecule has 0 fully saturated rings. The van der Waals surface area contributed by atoms with E-state index in [1.165, 1.54) is 340 Å². The van der Waals surface area contributed by atoms with E-state index >= 15 is 0 Å². The molecule has 0 aliphatic rings. The Bertz CT molecular complexity index is 1160. The Kier molecular flexibility index (Phi) is 65.9. The van der Waals surface area contributed by atoms with E-state index in [-0.39, 0.29) is 18.5 Å². The number of carbonyl (C=O) groups excluding carboxylic acids is 2. The highest BCUT2D eigenvalue weighted by Crippen LogP contribution is 2.19. The molecule has 458 valence electrons. The van der Waals surface area contributed by atoms with E-state index in [2.05, 4.69) is 19.2 Å². The molecule has 2 unspecified atom stereocenters. The molecule has 0 saturated heterocycles. The van der Waals surface area contributed by atoms with Crippen molar-refractivity contribution in [2.24, 2.45) is 0 Å². The highest BCUT2D eigenvalue weighted by molar-refractivity contribution is 5.76. The minimum atomic E-state index is -0.845. The normalized spacial score (nSPS) is 12.5. The molecule has 6 heteroatoms. The second-order valence-electron chi connectivity index (χ2n) is 24.6. The van der Waals surface area contributed by atoms with E-state index in [1.807, 2.05) is 6.08 Å². The van der Waals surface area contributed by atoms with Crippen LogP contribution in [0.4, 0.5) is 0 Å². The number of rotatable bonds is 67. The van der Waals surface area contributed by atoms with Gasteiger partial charge in [0.15, 0.2) is 0 Å². The zero-order chi connectivity index (χ0) is 55.7. The minimum absolute atomic E-state index is 0.0168. The molecule has 77 heavy (non-hydrogen) atoms. The Labute approximate surface area is 482 Å². The number of ether oxygens (including phenoxy) is 1. The summed E-state index contributed by atoms with van der Waals surface area (Å²) in [6.07, 6.45) is 82.8. The Balaban J connectivity index is 3.39. The predicted octanol–water partition coefficient (Wildman–Crippen LogP) is 22.8. The van der Waals surface area contributed by atoms with E-state index in [1.54, 1.807) is 6.08 Å². The van der Waals surface area contributed by atoms with Crippen molar-refractivity contribution in [2.75, 3.05) is 13.2 Å². The van der Waals surface area contributed by atoms with Crippen LogP contribution in [0.2, 0.25) is 0 Å². The third-order valence-electron chi connectivity index (χ3n) is 16.8.